The van der Waals surface area contributed by atoms with Gasteiger partial charge in [0.25, 0.3) is 0 Å². The van der Waals surface area contributed by atoms with Crippen LogP contribution < -0.4 is 31.9 Å². The highest BCUT2D eigenvalue weighted by molar-refractivity contribution is 5.84. The minimum atomic E-state index is -1.36. The predicted molar refractivity (Wildman–Crippen MR) is 369 cm³/mol. The fourth-order valence-electron chi connectivity index (χ4n) is 17.1. The van der Waals surface area contributed by atoms with Gasteiger partial charge in [-0.1, -0.05) is 0 Å². The third-order valence-electron chi connectivity index (χ3n) is 21.2. The van der Waals surface area contributed by atoms with Crippen molar-refractivity contribution in [3.63, 3.8) is 0 Å². The maximum Gasteiger partial charge on any atom is 0.407 e. The van der Waals surface area contributed by atoms with Gasteiger partial charge < -0.3 is 155 Å². The van der Waals surface area contributed by atoms with E-state index in [9.17, 15) is 14.4 Å². The summed E-state index contributed by atoms with van der Waals surface area (Å²) in [5, 5.41) is 17.7. The highest BCUT2D eigenvalue weighted by Crippen LogP contribution is 2.47. The molecule has 12 rings (SSSR count). The van der Waals surface area contributed by atoms with E-state index >= 15 is 19.2 Å². The predicted octanol–water partition coefficient (Wildman–Crippen LogP) is 0.166. The normalized spacial score (nSPS) is 39.5. The maximum atomic E-state index is 15.5. The number of nitrogens with one attached hydrogen (secondary N) is 6. The number of hydrogen-bond acceptors (Lipinski definition) is 33. The first kappa shape index (κ1) is 85.5. The molecule has 630 valence electrons. The molecular weight excluding hydrogens is 1480 g/mol. The summed E-state index contributed by atoms with van der Waals surface area (Å²) in [6.07, 6.45) is -27.7. The molecule has 111 heavy (non-hydrogen) atoms. The van der Waals surface area contributed by atoms with Crippen molar-refractivity contribution >= 4 is 41.6 Å². The van der Waals surface area contributed by atoms with Crippen molar-refractivity contribution in [2.24, 2.45) is 0 Å². The van der Waals surface area contributed by atoms with Crippen molar-refractivity contribution in [2.45, 2.75) is 367 Å². The molecule has 6 amide bonds. The van der Waals surface area contributed by atoms with Crippen LogP contribution in [-0.2, 0) is 152 Å². The molecule has 0 saturated carbocycles. The van der Waals surface area contributed by atoms with Crippen LogP contribution in [0.4, 0.5) is 4.79 Å². The summed E-state index contributed by atoms with van der Waals surface area (Å²) in [4.78, 5) is 103. The quantitative estimate of drug-likeness (QED) is 0.0522. The molecule has 0 radical (unpaired) electrons. The fourth-order valence-corrected chi connectivity index (χ4v) is 17.1. The number of carbonyl (C=O) groups is 7. The van der Waals surface area contributed by atoms with Gasteiger partial charge in [0.1, 0.15) is 115 Å². The van der Waals surface area contributed by atoms with Gasteiger partial charge in [0, 0.05) is 74.8 Å². The van der Waals surface area contributed by atoms with Gasteiger partial charge in [0.05, 0.1) is 49.8 Å². The summed E-state index contributed by atoms with van der Waals surface area (Å²) < 4.78 is 160. The summed E-state index contributed by atoms with van der Waals surface area (Å²) in [6.45, 7) is 25.4. The van der Waals surface area contributed by atoms with Crippen LogP contribution in [-0.4, -0.2) is 316 Å². The number of ether oxygens (including phenoxy) is 26. The molecule has 12 aliphatic rings. The second-order valence-corrected chi connectivity index (χ2v) is 33.5. The molecule has 0 aromatic rings. The summed E-state index contributed by atoms with van der Waals surface area (Å²) in [7, 11) is 9.71. The number of amides is 6. The highest BCUT2D eigenvalue weighted by Gasteiger charge is 2.65. The van der Waals surface area contributed by atoms with E-state index < -0.39 is 298 Å². The van der Waals surface area contributed by atoms with Crippen LogP contribution in [0.3, 0.4) is 0 Å². The molecule has 0 aromatic heterocycles. The molecule has 0 spiro atoms. The van der Waals surface area contributed by atoms with E-state index in [-0.39, 0.29) is 6.42 Å². The molecule has 0 aliphatic carbocycles. The lowest BCUT2D eigenvalue weighted by atomic mass is 9.95. The molecule has 12 fully saturated rings. The van der Waals surface area contributed by atoms with Crippen LogP contribution in [0, 0.1) is 0 Å². The van der Waals surface area contributed by atoms with E-state index in [1.54, 1.807) is 104 Å². The lowest BCUT2D eigenvalue weighted by Gasteiger charge is -2.34. The van der Waals surface area contributed by atoms with E-state index in [0.717, 1.165) is 0 Å². The van der Waals surface area contributed by atoms with Crippen LogP contribution in [0.5, 0.6) is 0 Å². The number of rotatable bonds is 30. The van der Waals surface area contributed by atoms with Gasteiger partial charge in [-0.15, -0.1) is 0 Å². The van der Waals surface area contributed by atoms with Crippen LogP contribution in [0.1, 0.15) is 142 Å². The largest absolute Gasteiger partial charge is 0.469 e. The fraction of sp³-hybridized carbons (Fsp3) is 0.903. The summed E-state index contributed by atoms with van der Waals surface area (Å²) >= 11 is 0. The Morgan fingerprint density at radius 3 is 0.640 bits per heavy atom. The van der Waals surface area contributed by atoms with Gasteiger partial charge in [-0.3, -0.25) is 28.8 Å². The Bertz CT molecular complexity index is 3340. The number of methoxy groups -OCH3 is 7. The zero-order valence-electron chi connectivity index (χ0n) is 67.0. The molecule has 39 heteroatoms. The lowest BCUT2D eigenvalue weighted by molar-refractivity contribution is -0.221. The van der Waals surface area contributed by atoms with Gasteiger partial charge in [-0.25, -0.2) is 4.79 Å². The summed E-state index contributed by atoms with van der Waals surface area (Å²) in [6, 6.07) is -7.58. The molecular formula is C72H114N6O33. The molecule has 12 saturated heterocycles. The molecule has 39 nitrogen and oxygen atoms in total. The smallest absolute Gasteiger partial charge is 0.407 e. The molecule has 12 aliphatic heterocycles. The minimum Gasteiger partial charge on any atom is -0.469 e. The van der Waals surface area contributed by atoms with Gasteiger partial charge >= 0.3 is 12.1 Å². The Hall–Kier alpha value is -4.87. The maximum absolute atomic E-state index is 15.5. The third-order valence-corrected chi connectivity index (χ3v) is 21.2. The first-order valence-corrected chi connectivity index (χ1v) is 37.7. The average Bonchev–Trinajstić information content (AvgIpc) is 1.64. The second kappa shape index (κ2) is 32.9. The SMILES string of the molecule is COC(=O)CC(NC(=O)CC(NC(=O)CC(NC(=O)CC(NC(=O)CC(NC(=O)CC(NC(=O)OC(C)(C)C)[C@H]1O[C@@H]2OC(C)(C)O[C@@H]2[C@H]1OC)[C@H]1O[C@@H]2OC(C)(C)O[C@@H]2[C@H]1OC)[C@H]1O[C@@H]2OC(C)(C)O[C@@H]2[C@H]1OC)[C@H]1O[C@@H]2OC(C)(C)O[C@@H]2[C@H]1OC)[C@H]1O[C@@H]2OC(C)(C)O[C@@H]2[C@H]1OC)[C@H]1O[C@@H]2OC(C)(C)O[C@@H]2[C@H]1OC. The van der Waals surface area contributed by atoms with Crippen molar-refractivity contribution < 1.29 is 157 Å². The van der Waals surface area contributed by atoms with E-state index in [1.165, 1.54) is 49.8 Å². The van der Waals surface area contributed by atoms with E-state index in [1.807, 2.05) is 0 Å². The van der Waals surface area contributed by atoms with Crippen LogP contribution in [0.15, 0.2) is 0 Å². The number of hydrogen-bond donors (Lipinski definition) is 6. The molecule has 12 heterocycles. The average molecular weight is 1590 g/mol. The van der Waals surface area contributed by atoms with Gasteiger partial charge in [0.15, 0.2) is 72.5 Å². The Labute approximate surface area is 644 Å². The molecule has 6 N–H and O–H groups in total. The lowest BCUT2D eigenvalue weighted by Crippen LogP contribution is -2.58. The molecule has 6 unspecified atom stereocenters. The highest BCUT2D eigenvalue weighted by atomic mass is 16.9. The van der Waals surface area contributed by atoms with Crippen LogP contribution >= 0.6 is 0 Å². The standard InChI is InChI=1S/C72H114N6O33/c1-66(2,3)111-65(85)78-33(45-51(91-21)57-63(97-45)109-71(12,13)103-57)27-39(83)76-31(43-49(89-19)55-61(95-43)107-69(8,9)101-55)25-37(81)74-29(41-47(87-17)53-59(93-41)105-67(4,5)99-53)23-35(79)73-30(42-48(88-18)54-60(94-42)106-68(6,7)100-54)24-36(80)75-32(44-50(90-20)56-62(96-44)108-70(10,11)102-56)26-38(82)77-34(28-40(84)86-16)46-52(92-22)58-64(98-46)110-72(14,15)104-58/h29-34,41-64H,23-28H2,1-22H3,(H,73,79)(H,74,81)(H,75,80)(H,76,83)(H,77,82)(H,78,85)/t29?,30?,31?,32?,33?,34?,41-,42-,43-,44-,45-,46-,47+,48+,49+,50+,51+,52+,53-,54-,55-,56-,57-,58-,59-,60-,61-,62-,63-,64-/m1/s1. The van der Waals surface area contributed by atoms with Gasteiger partial charge in [0.2, 0.25) is 29.5 Å². The molecule has 30 atom stereocenters. The first-order chi connectivity index (χ1) is 51.9. The topological polar surface area (TPSA) is 432 Å². The third kappa shape index (κ3) is 19.1. The van der Waals surface area contributed by atoms with Crippen molar-refractivity contribution in [1.29, 1.82) is 0 Å². The summed E-state index contributed by atoms with van der Waals surface area (Å²) in [5.74, 6) is -11.1. The van der Waals surface area contributed by atoms with Crippen molar-refractivity contribution in [2.75, 3.05) is 49.8 Å². The second-order valence-electron chi connectivity index (χ2n) is 33.5. The van der Waals surface area contributed by atoms with Crippen molar-refractivity contribution in [1.82, 2.24) is 31.9 Å². The monoisotopic (exact) mass is 1590 g/mol. The van der Waals surface area contributed by atoms with E-state index in [4.69, 9.17) is 123 Å². The van der Waals surface area contributed by atoms with E-state index in [0.29, 0.717) is 0 Å². The van der Waals surface area contributed by atoms with Gasteiger partial charge in [-0.05, 0) is 104 Å². The Morgan fingerprint density at radius 2 is 0.468 bits per heavy atom. The van der Waals surface area contributed by atoms with E-state index in [2.05, 4.69) is 31.9 Å². The zero-order valence-corrected chi connectivity index (χ0v) is 67.0. The van der Waals surface area contributed by atoms with Crippen LogP contribution in [0.25, 0.3) is 0 Å². The number of esters is 1. The van der Waals surface area contributed by atoms with Gasteiger partial charge in [-0.2, -0.15) is 0 Å². The summed E-state index contributed by atoms with van der Waals surface area (Å²) in [5.41, 5.74) is -0.962. The Balaban J connectivity index is 0.826. The molecule has 0 bridgehead atoms. The van der Waals surface area contributed by atoms with Crippen molar-refractivity contribution in [3.8, 4) is 0 Å². The number of fused-ring (bicyclic) bond motifs is 6. The Morgan fingerprint density at radius 1 is 0.288 bits per heavy atom. The number of carbonyl (C=O) groups excluding carboxylic acids is 7. The zero-order chi connectivity index (χ0) is 80.7. The first-order valence-electron chi connectivity index (χ1n) is 37.7. The Kier molecular flexibility index (Phi) is 25.3. The van der Waals surface area contributed by atoms with Crippen LogP contribution in [0.2, 0.25) is 0 Å². The number of alkyl carbamates (subject to hydrolysis) is 1. The minimum absolute atomic E-state index is 0.387. The molecule has 0 aromatic carbocycles. The van der Waals surface area contributed by atoms with Crippen molar-refractivity contribution in [3.05, 3.63) is 0 Å².